The average Bonchev–Trinajstić information content (AvgIpc) is 3.10. The van der Waals surface area contributed by atoms with Gasteiger partial charge in [0, 0.05) is 18.0 Å². The summed E-state index contributed by atoms with van der Waals surface area (Å²) >= 11 is 3.31. The zero-order chi connectivity index (χ0) is 15.5. The molecule has 3 aromatic rings. The van der Waals surface area contributed by atoms with Crippen LogP contribution in [0.5, 0.6) is 5.75 Å². The number of aryl methyl sites for hydroxylation is 1. The molecule has 0 unspecified atom stereocenters. The molecule has 0 saturated carbocycles. The fourth-order valence-electron chi connectivity index (χ4n) is 2.31. The summed E-state index contributed by atoms with van der Waals surface area (Å²) in [6.45, 7) is 4.87. The normalized spacial score (nSPS) is 11.2. The molecule has 2 aromatic heterocycles. The van der Waals surface area contributed by atoms with Crippen molar-refractivity contribution in [2.24, 2.45) is 0 Å². The van der Waals surface area contributed by atoms with Gasteiger partial charge in [-0.2, -0.15) is 0 Å². The molecule has 0 atom stereocenters. The van der Waals surface area contributed by atoms with Crippen LogP contribution in [0.25, 0.3) is 20.3 Å². The molecule has 2 heterocycles. The standard InChI is InChI=1S/C16H18N2O2S2/c1-3-4-6-17-14(19)9-20-12-8-13-15(18-10(2)22-13)16-11(12)5-7-21-16/h5,7-8H,3-4,6,9H2,1-2H3,(H,17,19). The van der Waals surface area contributed by atoms with E-state index in [2.05, 4.69) is 17.2 Å². The number of nitrogens with zero attached hydrogens (tertiary/aromatic N) is 1. The molecular formula is C16H18N2O2S2. The number of nitrogens with one attached hydrogen (secondary N) is 1. The molecule has 0 aliphatic carbocycles. The Hall–Kier alpha value is -1.66. The van der Waals surface area contributed by atoms with Crippen molar-refractivity contribution in [3.05, 3.63) is 22.5 Å². The van der Waals surface area contributed by atoms with E-state index in [0.29, 0.717) is 6.54 Å². The van der Waals surface area contributed by atoms with Crippen LogP contribution in [0, 0.1) is 6.92 Å². The first-order valence-electron chi connectivity index (χ1n) is 7.36. The van der Waals surface area contributed by atoms with Crippen molar-refractivity contribution >= 4 is 48.9 Å². The minimum absolute atomic E-state index is 0.0535. The Morgan fingerprint density at radius 2 is 2.32 bits per heavy atom. The van der Waals surface area contributed by atoms with E-state index in [9.17, 15) is 4.79 Å². The summed E-state index contributed by atoms with van der Waals surface area (Å²) < 4.78 is 7.99. The van der Waals surface area contributed by atoms with Crippen molar-refractivity contribution < 1.29 is 9.53 Å². The summed E-state index contributed by atoms with van der Waals surface area (Å²) in [5.74, 6) is 0.690. The predicted molar refractivity (Wildman–Crippen MR) is 93.2 cm³/mol. The first-order chi connectivity index (χ1) is 10.7. The third kappa shape index (κ3) is 3.08. The van der Waals surface area contributed by atoms with E-state index in [-0.39, 0.29) is 12.5 Å². The van der Waals surface area contributed by atoms with Gasteiger partial charge < -0.3 is 10.1 Å². The summed E-state index contributed by atoms with van der Waals surface area (Å²) in [5, 5.41) is 6.97. The molecule has 0 spiro atoms. The Bertz CT molecular complexity index is 807. The van der Waals surface area contributed by atoms with Gasteiger partial charge >= 0.3 is 0 Å². The summed E-state index contributed by atoms with van der Waals surface area (Å²) in [6, 6.07) is 4.02. The van der Waals surface area contributed by atoms with Gasteiger partial charge in [0.15, 0.2) is 6.61 Å². The molecule has 0 saturated heterocycles. The van der Waals surface area contributed by atoms with Crippen LogP contribution in [0.1, 0.15) is 24.8 Å². The Labute approximate surface area is 137 Å². The lowest BCUT2D eigenvalue weighted by Gasteiger charge is -2.08. The fraction of sp³-hybridized carbons (Fsp3) is 0.375. The van der Waals surface area contributed by atoms with Crippen molar-refractivity contribution in [3.8, 4) is 5.75 Å². The van der Waals surface area contributed by atoms with Gasteiger partial charge in [-0.3, -0.25) is 4.79 Å². The highest BCUT2D eigenvalue weighted by atomic mass is 32.1. The van der Waals surface area contributed by atoms with Crippen LogP contribution in [0.3, 0.4) is 0 Å². The van der Waals surface area contributed by atoms with Crippen molar-refractivity contribution in [2.75, 3.05) is 13.2 Å². The molecule has 3 rings (SSSR count). The molecule has 0 bridgehead atoms. The van der Waals surface area contributed by atoms with E-state index >= 15 is 0 Å². The number of aromatic nitrogens is 1. The van der Waals surface area contributed by atoms with Crippen LogP contribution in [0.4, 0.5) is 0 Å². The molecule has 6 heteroatoms. The van der Waals surface area contributed by atoms with Gasteiger partial charge in [-0.05, 0) is 24.8 Å². The fourth-order valence-corrected chi connectivity index (χ4v) is 4.14. The molecule has 1 N–H and O–H groups in total. The number of carbonyl (C=O) groups excluding carboxylic acids is 1. The average molecular weight is 334 g/mol. The molecule has 22 heavy (non-hydrogen) atoms. The van der Waals surface area contributed by atoms with Crippen LogP contribution in [-0.2, 0) is 4.79 Å². The lowest BCUT2D eigenvalue weighted by molar-refractivity contribution is -0.123. The lowest BCUT2D eigenvalue weighted by Crippen LogP contribution is -2.29. The van der Waals surface area contributed by atoms with Crippen LogP contribution >= 0.6 is 22.7 Å². The first kappa shape index (κ1) is 15.2. The van der Waals surface area contributed by atoms with Gasteiger partial charge in [0.25, 0.3) is 5.91 Å². The molecule has 1 aromatic carbocycles. The van der Waals surface area contributed by atoms with E-state index in [0.717, 1.165) is 43.9 Å². The van der Waals surface area contributed by atoms with Crippen LogP contribution < -0.4 is 10.1 Å². The topological polar surface area (TPSA) is 51.2 Å². The van der Waals surface area contributed by atoms with Crippen molar-refractivity contribution in [3.63, 3.8) is 0 Å². The number of ether oxygens (including phenoxy) is 1. The maximum atomic E-state index is 11.8. The van der Waals surface area contributed by atoms with E-state index in [1.165, 1.54) is 0 Å². The van der Waals surface area contributed by atoms with E-state index < -0.39 is 0 Å². The number of benzene rings is 1. The zero-order valence-electron chi connectivity index (χ0n) is 12.6. The number of thiazole rings is 1. The number of hydrogen-bond donors (Lipinski definition) is 1. The summed E-state index contributed by atoms with van der Waals surface area (Å²) in [6.07, 6.45) is 2.06. The Morgan fingerprint density at radius 3 is 3.14 bits per heavy atom. The molecular weight excluding hydrogens is 316 g/mol. The Balaban J connectivity index is 1.80. The molecule has 116 valence electrons. The van der Waals surface area contributed by atoms with Gasteiger partial charge in [0.2, 0.25) is 0 Å². The van der Waals surface area contributed by atoms with Crippen LogP contribution in [0.2, 0.25) is 0 Å². The first-order valence-corrected chi connectivity index (χ1v) is 9.05. The summed E-state index contributed by atoms with van der Waals surface area (Å²) in [4.78, 5) is 16.4. The smallest absolute Gasteiger partial charge is 0.257 e. The molecule has 0 aliphatic rings. The maximum absolute atomic E-state index is 11.8. The van der Waals surface area contributed by atoms with E-state index in [4.69, 9.17) is 4.74 Å². The monoisotopic (exact) mass is 334 g/mol. The van der Waals surface area contributed by atoms with Gasteiger partial charge in [-0.15, -0.1) is 22.7 Å². The minimum Gasteiger partial charge on any atom is -0.483 e. The van der Waals surface area contributed by atoms with Gasteiger partial charge in [-0.1, -0.05) is 13.3 Å². The second kappa shape index (κ2) is 6.62. The predicted octanol–water partition coefficient (Wildman–Crippen LogP) is 4.11. The molecule has 1 amide bonds. The van der Waals surface area contributed by atoms with Crippen LogP contribution in [-0.4, -0.2) is 24.0 Å². The Morgan fingerprint density at radius 1 is 1.45 bits per heavy atom. The highest BCUT2D eigenvalue weighted by molar-refractivity contribution is 7.21. The molecule has 0 aliphatic heterocycles. The number of fused-ring (bicyclic) bond motifs is 3. The number of unbranched alkanes of at least 4 members (excludes halogenated alkanes) is 1. The largest absolute Gasteiger partial charge is 0.483 e. The molecule has 4 nitrogen and oxygen atoms in total. The SMILES string of the molecule is CCCCNC(=O)COc1cc2sc(C)nc2c2sccc12. The highest BCUT2D eigenvalue weighted by Gasteiger charge is 2.13. The molecule has 0 fully saturated rings. The number of rotatable bonds is 6. The number of amides is 1. The summed E-state index contributed by atoms with van der Waals surface area (Å²) in [7, 11) is 0. The number of thiophene rings is 1. The third-order valence-electron chi connectivity index (χ3n) is 3.38. The van der Waals surface area contributed by atoms with Crippen molar-refractivity contribution in [2.45, 2.75) is 26.7 Å². The highest BCUT2D eigenvalue weighted by Crippen LogP contribution is 2.38. The number of carbonyl (C=O) groups is 1. The second-order valence-corrected chi connectivity index (χ2v) is 7.26. The number of hydrogen-bond acceptors (Lipinski definition) is 5. The minimum atomic E-state index is -0.0718. The lowest BCUT2D eigenvalue weighted by atomic mass is 10.2. The quantitative estimate of drug-likeness (QED) is 0.690. The van der Waals surface area contributed by atoms with Gasteiger partial charge in [0.05, 0.1) is 19.9 Å². The molecule has 0 radical (unpaired) electrons. The van der Waals surface area contributed by atoms with E-state index in [1.54, 1.807) is 22.7 Å². The van der Waals surface area contributed by atoms with Gasteiger partial charge in [0.1, 0.15) is 5.75 Å². The maximum Gasteiger partial charge on any atom is 0.257 e. The summed E-state index contributed by atoms with van der Waals surface area (Å²) in [5.41, 5.74) is 1.03. The van der Waals surface area contributed by atoms with Crippen molar-refractivity contribution in [1.29, 1.82) is 0 Å². The second-order valence-electron chi connectivity index (χ2n) is 5.11. The van der Waals surface area contributed by atoms with Gasteiger partial charge in [-0.25, -0.2) is 4.98 Å². The Kier molecular flexibility index (Phi) is 4.59. The zero-order valence-corrected chi connectivity index (χ0v) is 14.3. The third-order valence-corrected chi connectivity index (χ3v) is 5.22. The van der Waals surface area contributed by atoms with Crippen molar-refractivity contribution in [1.82, 2.24) is 10.3 Å². The van der Waals surface area contributed by atoms with Crippen LogP contribution in [0.15, 0.2) is 17.5 Å². The van der Waals surface area contributed by atoms with E-state index in [1.807, 2.05) is 24.4 Å².